The summed E-state index contributed by atoms with van der Waals surface area (Å²) < 4.78 is 5.28. The third kappa shape index (κ3) is 7.31. The number of carbonyl (C=O) groups is 1. The standard InChI is InChI=1S/C12H25N3O2/c1-11(2)14-12(16)3-4-13-5-6-15-7-9-17-10-8-15/h11,13H,3-10H2,1-2H3,(H,14,16). The highest BCUT2D eigenvalue weighted by Gasteiger charge is 2.09. The maximum Gasteiger partial charge on any atom is 0.221 e. The van der Waals surface area contributed by atoms with E-state index in [4.69, 9.17) is 4.74 Å². The highest BCUT2D eigenvalue weighted by Crippen LogP contribution is 1.94. The average Bonchev–Trinajstić information content (AvgIpc) is 2.29. The second-order valence-electron chi connectivity index (χ2n) is 4.68. The van der Waals surface area contributed by atoms with Crippen molar-refractivity contribution in [1.82, 2.24) is 15.5 Å². The van der Waals surface area contributed by atoms with E-state index in [2.05, 4.69) is 15.5 Å². The monoisotopic (exact) mass is 243 g/mol. The number of hydrogen-bond donors (Lipinski definition) is 2. The van der Waals surface area contributed by atoms with Crippen molar-refractivity contribution in [2.75, 3.05) is 45.9 Å². The molecular formula is C12H25N3O2. The lowest BCUT2D eigenvalue weighted by Crippen LogP contribution is -2.41. The molecule has 100 valence electrons. The Hall–Kier alpha value is -0.650. The number of carbonyl (C=O) groups excluding carboxylic acids is 1. The molecule has 1 amide bonds. The number of nitrogens with zero attached hydrogens (tertiary/aromatic N) is 1. The first-order valence-corrected chi connectivity index (χ1v) is 6.48. The van der Waals surface area contributed by atoms with Crippen LogP contribution >= 0.6 is 0 Å². The summed E-state index contributed by atoms with van der Waals surface area (Å²) in [5.74, 6) is 0.124. The molecule has 0 saturated carbocycles. The molecule has 0 atom stereocenters. The van der Waals surface area contributed by atoms with Gasteiger partial charge in [0.1, 0.15) is 0 Å². The van der Waals surface area contributed by atoms with Gasteiger partial charge in [0.05, 0.1) is 13.2 Å². The Morgan fingerprint density at radius 3 is 2.65 bits per heavy atom. The van der Waals surface area contributed by atoms with Crippen LogP contribution in [0.15, 0.2) is 0 Å². The zero-order chi connectivity index (χ0) is 12.5. The molecule has 1 saturated heterocycles. The Bertz CT molecular complexity index is 216. The molecule has 0 aliphatic carbocycles. The minimum Gasteiger partial charge on any atom is -0.379 e. The Balaban J connectivity index is 1.91. The van der Waals surface area contributed by atoms with E-state index >= 15 is 0 Å². The third-order valence-electron chi connectivity index (χ3n) is 2.69. The Morgan fingerprint density at radius 2 is 2.00 bits per heavy atom. The summed E-state index contributed by atoms with van der Waals surface area (Å²) in [7, 11) is 0. The van der Waals surface area contributed by atoms with Gasteiger partial charge < -0.3 is 15.4 Å². The quantitative estimate of drug-likeness (QED) is 0.609. The van der Waals surface area contributed by atoms with Crippen molar-refractivity contribution in [3.8, 4) is 0 Å². The fourth-order valence-electron chi connectivity index (χ4n) is 1.78. The first-order valence-electron chi connectivity index (χ1n) is 6.48. The van der Waals surface area contributed by atoms with Gasteiger partial charge in [-0.15, -0.1) is 0 Å². The molecule has 1 rings (SSSR count). The van der Waals surface area contributed by atoms with Crippen LogP contribution in [0.2, 0.25) is 0 Å². The van der Waals surface area contributed by atoms with E-state index in [1.165, 1.54) is 0 Å². The third-order valence-corrected chi connectivity index (χ3v) is 2.69. The lowest BCUT2D eigenvalue weighted by atomic mass is 10.3. The summed E-state index contributed by atoms with van der Waals surface area (Å²) in [6, 6.07) is 0.232. The molecule has 5 heteroatoms. The summed E-state index contributed by atoms with van der Waals surface area (Å²) in [4.78, 5) is 13.7. The molecule has 0 radical (unpaired) electrons. The molecule has 0 aromatic heterocycles. The molecule has 17 heavy (non-hydrogen) atoms. The van der Waals surface area contributed by atoms with Crippen molar-refractivity contribution in [2.45, 2.75) is 26.3 Å². The largest absolute Gasteiger partial charge is 0.379 e. The van der Waals surface area contributed by atoms with Crippen LogP contribution in [0.3, 0.4) is 0 Å². The van der Waals surface area contributed by atoms with E-state index in [1.807, 2.05) is 13.8 Å². The molecule has 0 aromatic rings. The summed E-state index contributed by atoms with van der Waals surface area (Å²) >= 11 is 0. The predicted molar refractivity (Wildman–Crippen MR) is 68.0 cm³/mol. The second kappa shape index (κ2) is 8.44. The Kier molecular flexibility index (Phi) is 7.16. The van der Waals surface area contributed by atoms with Gasteiger partial charge >= 0.3 is 0 Å². The zero-order valence-corrected chi connectivity index (χ0v) is 11.0. The molecule has 2 N–H and O–H groups in total. The average molecular weight is 243 g/mol. The smallest absolute Gasteiger partial charge is 0.221 e. The van der Waals surface area contributed by atoms with Crippen LogP contribution < -0.4 is 10.6 Å². The van der Waals surface area contributed by atoms with Crippen LogP contribution in [-0.2, 0) is 9.53 Å². The topological polar surface area (TPSA) is 53.6 Å². The van der Waals surface area contributed by atoms with Crippen LogP contribution in [0.25, 0.3) is 0 Å². The van der Waals surface area contributed by atoms with Gasteiger partial charge in [0.25, 0.3) is 0 Å². The van der Waals surface area contributed by atoms with E-state index in [1.54, 1.807) is 0 Å². The highest BCUT2D eigenvalue weighted by atomic mass is 16.5. The van der Waals surface area contributed by atoms with Crippen molar-refractivity contribution < 1.29 is 9.53 Å². The van der Waals surface area contributed by atoms with Crippen molar-refractivity contribution >= 4 is 5.91 Å². The van der Waals surface area contributed by atoms with Crippen molar-refractivity contribution in [1.29, 1.82) is 0 Å². The van der Waals surface area contributed by atoms with Crippen molar-refractivity contribution in [3.63, 3.8) is 0 Å². The molecule has 0 bridgehead atoms. The number of ether oxygens (including phenoxy) is 1. The van der Waals surface area contributed by atoms with Crippen LogP contribution in [-0.4, -0.2) is 62.8 Å². The minimum atomic E-state index is 0.124. The summed E-state index contributed by atoms with van der Waals surface area (Å²) in [5, 5.41) is 6.17. The predicted octanol–water partition coefficient (Wildman–Crippen LogP) is -0.177. The SMILES string of the molecule is CC(C)NC(=O)CCNCCN1CCOCC1. The second-order valence-corrected chi connectivity index (χ2v) is 4.68. The first-order chi connectivity index (χ1) is 8.18. The van der Waals surface area contributed by atoms with Crippen molar-refractivity contribution in [2.24, 2.45) is 0 Å². The highest BCUT2D eigenvalue weighted by molar-refractivity contribution is 5.76. The lowest BCUT2D eigenvalue weighted by Gasteiger charge is -2.26. The van der Waals surface area contributed by atoms with Crippen LogP contribution in [0.1, 0.15) is 20.3 Å². The molecular weight excluding hydrogens is 218 g/mol. The van der Waals surface area contributed by atoms with Crippen molar-refractivity contribution in [3.05, 3.63) is 0 Å². The molecule has 1 aliphatic rings. The van der Waals surface area contributed by atoms with Gasteiger partial charge in [-0.05, 0) is 13.8 Å². The molecule has 0 spiro atoms. The van der Waals surface area contributed by atoms with E-state index in [-0.39, 0.29) is 11.9 Å². The van der Waals surface area contributed by atoms with Crippen LogP contribution in [0.5, 0.6) is 0 Å². The summed E-state index contributed by atoms with van der Waals surface area (Å²) in [5.41, 5.74) is 0. The fourth-order valence-corrected chi connectivity index (χ4v) is 1.78. The van der Waals surface area contributed by atoms with Crippen LogP contribution in [0.4, 0.5) is 0 Å². The molecule has 5 nitrogen and oxygen atoms in total. The van der Waals surface area contributed by atoms with E-state index in [0.29, 0.717) is 6.42 Å². The van der Waals surface area contributed by atoms with Gasteiger partial charge in [-0.3, -0.25) is 9.69 Å². The normalized spacial score (nSPS) is 17.4. The first kappa shape index (κ1) is 14.4. The van der Waals surface area contributed by atoms with E-state index < -0.39 is 0 Å². The van der Waals surface area contributed by atoms with Gasteiger partial charge in [-0.1, -0.05) is 0 Å². The summed E-state index contributed by atoms with van der Waals surface area (Å²) in [6.07, 6.45) is 0.557. The number of hydrogen-bond acceptors (Lipinski definition) is 4. The molecule has 1 heterocycles. The fraction of sp³-hybridized carbons (Fsp3) is 0.917. The summed E-state index contributed by atoms with van der Waals surface area (Å²) in [6.45, 7) is 10.4. The van der Waals surface area contributed by atoms with Crippen LogP contribution in [0, 0.1) is 0 Å². The van der Waals surface area contributed by atoms with Gasteiger partial charge in [-0.25, -0.2) is 0 Å². The number of nitrogens with one attached hydrogen (secondary N) is 2. The number of rotatable bonds is 7. The van der Waals surface area contributed by atoms with Gasteiger partial charge in [0, 0.05) is 45.2 Å². The maximum absolute atomic E-state index is 11.3. The lowest BCUT2D eigenvalue weighted by molar-refractivity contribution is -0.121. The van der Waals surface area contributed by atoms with E-state index in [0.717, 1.165) is 45.9 Å². The number of amides is 1. The molecule has 1 fully saturated rings. The van der Waals surface area contributed by atoms with E-state index in [9.17, 15) is 4.79 Å². The number of morpholine rings is 1. The Morgan fingerprint density at radius 1 is 1.29 bits per heavy atom. The molecule has 1 aliphatic heterocycles. The minimum absolute atomic E-state index is 0.124. The molecule has 0 aromatic carbocycles. The molecule has 0 unspecified atom stereocenters. The zero-order valence-electron chi connectivity index (χ0n) is 11.0. The maximum atomic E-state index is 11.3. The Labute approximate surface area is 104 Å². The van der Waals surface area contributed by atoms with Gasteiger partial charge in [-0.2, -0.15) is 0 Å². The van der Waals surface area contributed by atoms with Gasteiger partial charge in [0.15, 0.2) is 0 Å². The van der Waals surface area contributed by atoms with Gasteiger partial charge in [0.2, 0.25) is 5.91 Å².